The zero-order chi connectivity index (χ0) is 12.3. The quantitative estimate of drug-likeness (QED) is 0.789. The van der Waals surface area contributed by atoms with Gasteiger partial charge in [-0.1, -0.05) is 29.3 Å². The van der Waals surface area contributed by atoms with Gasteiger partial charge in [0.15, 0.2) is 0 Å². The number of rotatable bonds is 3. The van der Waals surface area contributed by atoms with E-state index in [2.05, 4.69) is 4.90 Å². The highest BCUT2D eigenvalue weighted by Gasteiger charge is 2.17. The summed E-state index contributed by atoms with van der Waals surface area (Å²) in [7, 11) is 0. The number of hydrogen-bond acceptors (Lipinski definition) is 2. The van der Waals surface area contributed by atoms with Crippen molar-refractivity contribution in [2.45, 2.75) is 6.54 Å². The molecular weight excluding hydrogens is 259 g/mol. The Morgan fingerprint density at radius 1 is 1.12 bits per heavy atom. The molecule has 0 N–H and O–H groups in total. The Balaban J connectivity index is 2.00. The van der Waals surface area contributed by atoms with Gasteiger partial charge in [0, 0.05) is 48.3 Å². The normalized spacial score (nSPS) is 17.2. The lowest BCUT2D eigenvalue weighted by Crippen LogP contribution is -2.45. The molecular formula is C12H14Cl2N2O. The fourth-order valence-electron chi connectivity index (χ4n) is 1.93. The van der Waals surface area contributed by atoms with Crippen LogP contribution in [0.15, 0.2) is 18.2 Å². The van der Waals surface area contributed by atoms with Gasteiger partial charge in [0.2, 0.25) is 6.41 Å². The van der Waals surface area contributed by atoms with Gasteiger partial charge in [-0.3, -0.25) is 9.69 Å². The van der Waals surface area contributed by atoms with E-state index < -0.39 is 0 Å². The second-order valence-electron chi connectivity index (χ2n) is 4.12. The Labute approximate surface area is 111 Å². The topological polar surface area (TPSA) is 23.6 Å². The standard InChI is InChI=1S/C12H14Cl2N2O/c13-11-2-1-3-12(14)10(11)8-15-4-6-16(9-17)7-5-15/h1-3,9H,4-8H2. The summed E-state index contributed by atoms with van der Waals surface area (Å²) in [6.45, 7) is 4.00. The Kier molecular flexibility index (Phi) is 4.26. The van der Waals surface area contributed by atoms with Gasteiger partial charge in [0.25, 0.3) is 0 Å². The molecule has 1 aliphatic heterocycles. The number of carbonyl (C=O) groups excluding carboxylic acids is 1. The molecule has 1 saturated heterocycles. The summed E-state index contributed by atoms with van der Waals surface area (Å²) >= 11 is 12.3. The molecule has 1 heterocycles. The van der Waals surface area contributed by atoms with E-state index in [0.717, 1.165) is 44.7 Å². The van der Waals surface area contributed by atoms with Crippen LogP contribution in [0.4, 0.5) is 0 Å². The van der Waals surface area contributed by atoms with Gasteiger partial charge in [0.05, 0.1) is 0 Å². The third-order valence-corrected chi connectivity index (χ3v) is 3.71. The first-order valence-corrected chi connectivity index (χ1v) is 6.31. The van der Waals surface area contributed by atoms with Crippen molar-refractivity contribution < 1.29 is 4.79 Å². The second kappa shape index (κ2) is 5.71. The summed E-state index contributed by atoms with van der Waals surface area (Å²) in [5, 5.41) is 1.41. The molecule has 1 aromatic carbocycles. The van der Waals surface area contributed by atoms with E-state index in [0.29, 0.717) is 10.0 Å². The van der Waals surface area contributed by atoms with Crippen molar-refractivity contribution in [1.82, 2.24) is 9.80 Å². The van der Waals surface area contributed by atoms with Gasteiger partial charge in [-0.25, -0.2) is 0 Å². The smallest absolute Gasteiger partial charge is 0.209 e. The van der Waals surface area contributed by atoms with Crippen LogP contribution in [0.5, 0.6) is 0 Å². The number of piperazine rings is 1. The van der Waals surface area contributed by atoms with Crippen molar-refractivity contribution in [3.05, 3.63) is 33.8 Å². The minimum atomic E-state index is 0.704. The first kappa shape index (κ1) is 12.7. The number of amides is 1. The van der Waals surface area contributed by atoms with Gasteiger partial charge < -0.3 is 4.90 Å². The molecule has 0 spiro atoms. The Morgan fingerprint density at radius 3 is 2.24 bits per heavy atom. The molecule has 0 bridgehead atoms. The largest absolute Gasteiger partial charge is 0.343 e. The molecule has 0 unspecified atom stereocenters. The van der Waals surface area contributed by atoms with Gasteiger partial charge in [-0.05, 0) is 12.1 Å². The highest BCUT2D eigenvalue weighted by atomic mass is 35.5. The lowest BCUT2D eigenvalue weighted by molar-refractivity contribution is -0.119. The summed E-state index contributed by atoms with van der Waals surface area (Å²) in [6.07, 6.45) is 0.903. The number of benzene rings is 1. The predicted molar refractivity (Wildman–Crippen MR) is 69.4 cm³/mol. The van der Waals surface area contributed by atoms with E-state index in [1.54, 1.807) is 4.90 Å². The van der Waals surface area contributed by atoms with Crippen LogP contribution in [0.25, 0.3) is 0 Å². The third kappa shape index (κ3) is 3.12. The Morgan fingerprint density at radius 2 is 1.71 bits per heavy atom. The number of halogens is 2. The minimum absolute atomic E-state index is 0.704. The van der Waals surface area contributed by atoms with E-state index in [1.807, 2.05) is 18.2 Å². The fourth-order valence-corrected chi connectivity index (χ4v) is 2.45. The van der Waals surface area contributed by atoms with Crippen LogP contribution >= 0.6 is 23.2 Å². The summed E-state index contributed by atoms with van der Waals surface area (Å²) in [6, 6.07) is 5.55. The molecule has 1 aliphatic rings. The minimum Gasteiger partial charge on any atom is -0.343 e. The number of nitrogens with zero attached hydrogens (tertiary/aromatic N) is 2. The Bertz CT molecular complexity index is 383. The molecule has 0 radical (unpaired) electrons. The fraction of sp³-hybridized carbons (Fsp3) is 0.417. The molecule has 1 fully saturated rings. The van der Waals surface area contributed by atoms with Crippen molar-refractivity contribution in [2.24, 2.45) is 0 Å². The van der Waals surface area contributed by atoms with Crippen molar-refractivity contribution in [1.29, 1.82) is 0 Å². The summed E-state index contributed by atoms with van der Waals surface area (Å²) in [5.41, 5.74) is 0.968. The number of hydrogen-bond donors (Lipinski definition) is 0. The highest BCUT2D eigenvalue weighted by molar-refractivity contribution is 6.35. The van der Waals surface area contributed by atoms with E-state index in [-0.39, 0.29) is 0 Å². The molecule has 5 heteroatoms. The van der Waals surface area contributed by atoms with Gasteiger partial charge in [-0.2, -0.15) is 0 Å². The van der Waals surface area contributed by atoms with Gasteiger partial charge in [-0.15, -0.1) is 0 Å². The molecule has 3 nitrogen and oxygen atoms in total. The molecule has 92 valence electrons. The van der Waals surface area contributed by atoms with Gasteiger partial charge >= 0.3 is 0 Å². The van der Waals surface area contributed by atoms with Crippen LogP contribution in [-0.4, -0.2) is 42.4 Å². The first-order chi connectivity index (χ1) is 8.20. The van der Waals surface area contributed by atoms with Crippen LogP contribution < -0.4 is 0 Å². The van der Waals surface area contributed by atoms with Gasteiger partial charge in [0.1, 0.15) is 0 Å². The van der Waals surface area contributed by atoms with Crippen LogP contribution in [0.3, 0.4) is 0 Å². The van der Waals surface area contributed by atoms with Crippen LogP contribution in [0, 0.1) is 0 Å². The SMILES string of the molecule is O=CN1CCN(Cc2c(Cl)cccc2Cl)CC1. The van der Waals surface area contributed by atoms with Crippen molar-refractivity contribution in [3.63, 3.8) is 0 Å². The van der Waals surface area contributed by atoms with E-state index in [4.69, 9.17) is 23.2 Å². The molecule has 2 rings (SSSR count). The summed E-state index contributed by atoms with van der Waals surface area (Å²) in [4.78, 5) is 14.6. The lowest BCUT2D eigenvalue weighted by Gasteiger charge is -2.32. The zero-order valence-electron chi connectivity index (χ0n) is 9.40. The molecule has 0 saturated carbocycles. The first-order valence-electron chi connectivity index (χ1n) is 5.55. The third-order valence-electron chi connectivity index (χ3n) is 3.00. The maximum absolute atomic E-state index is 10.6. The van der Waals surface area contributed by atoms with E-state index >= 15 is 0 Å². The predicted octanol–water partition coefficient (Wildman–Crippen LogP) is 2.27. The van der Waals surface area contributed by atoms with Crippen LogP contribution in [-0.2, 0) is 11.3 Å². The maximum Gasteiger partial charge on any atom is 0.209 e. The lowest BCUT2D eigenvalue weighted by atomic mass is 10.2. The zero-order valence-corrected chi connectivity index (χ0v) is 10.9. The van der Waals surface area contributed by atoms with Crippen LogP contribution in [0.1, 0.15) is 5.56 Å². The average molecular weight is 273 g/mol. The molecule has 1 amide bonds. The Hall–Kier alpha value is -0.770. The summed E-state index contributed by atoms with van der Waals surface area (Å²) in [5.74, 6) is 0. The monoisotopic (exact) mass is 272 g/mol. The number of carbonyl (C=O) groups is 1. The molecule has 1 aromatic rings. The molecule has 17 heavy (non-hydrogen) atoms. The van der Waals surface area contributed by atoms with E-state index in [9.17, 15) is 4.79 Å². The van der Waals surface area contributed by atoms with Crippen molar-refractivity contribution in [2.75, 3.05) is 26.2 Å². The van der Waals surface area contributed by atoms with Crippen molar-refractivity contribution >= 4 is 29.6 Å². The summed E-state index contributed by atoms with van der Waals surface area (Å²) < 4.78 is 0. The average Bonchev–Trinajstić information content (AvgIpc) is 2.35. The maximum atomic E-state index is 10.6. The highest BCUT2D eigenvalue weighted by Crippen LogP contribution is 2.25. The molecule has 0 atom stereocenters. The van der Waals surface area contributed by atoms with Crippen molar-refractivity contribution in [3.8, 4) is 0 Å². The second-order valence-corrected chi connectivity index (χ2v) is 4.93. The van der Waals surface area contributed by atoms with E-state index in [1.165, 1.54) is 0 Å². The van der Waals surface area contributed by atoms with Crippen LogP contribution in [0.2, 0.25) is 10.0 Å². The molecule has 0 aromatic heterocycles. The molecule has 0 aliphatic carbocycles.